The smallest absolute Gasteiger partial charge is 0.277 e. The minimum atomic E-state index is -4.55. The molecule has 92 valence electrons. The molecule has 7 nitrogen and oxygen atoms in total. The van der Waals surface area contributed by atoms with Gasteiger partial charge in [0.15, 0.2) is 5.25 Å². The summed E-state index contributed by atoms with van der Waals surface area (Å²) in [5.41, 5.74) is 0. The van der Waals surface area contributed by atoms with E-state index < -0.39 is 33.6 Å². The fourth-order valence-electron chi connectivity index (χ4n) is 1.18. The summed E-state index contributed by atoms with van der Waals surface area (Å²) in [4.78, 5) is 27.7. The molecule has 0 aliphatic carbocycles. The number of hydrogen-bond acceptors (Lipinski definition) is 5. The van der Waals surface area contributed by atoms with Crippen molar-refractivity contribution < 1.29 is 27.4 Å². The zero-order valence-corrected chi connectivity index (χ0v) is 9.73. The van der Waals surface area contributed by atoms with Crippen molar-refractivity contribution in [2.75, 3.05) is 0 Å². The van der Waals surface area contributed by atoms with Crippen LogP contribution in [0.5, 0.6) is 0 Å². The third-order valence-electron chi connectivity index (χ3n) is 2.28. The van der Waals surface area contributed by atoms with E-state index in [0.29, 0.717) is 11.5 Å². The van der Waals surface area contributed by atoms with Gasteiger partial charge in [-0.2, -0.15) is 13.5 Å². The van der Waals surface area contributed by atoms with Gasteiger partial charge in [-0.15, -0.1) is 0 Å². The van der Waals surface area contributed by atoms with Crippen molar-refractivity contribution in [3.8, 4) is 0 Å². The number of amides is 2. The Bertz CT molecular complexity index is 403. The summed E-state index contributed by atoms with van der Waals surface area (Å²) in [5.74, 6) is -1.79. The average Bonchev–Trinajstić information content (AvgIpc) is 2.44. The van der Waals surface area contributed by atoms with E-state index in [1.165, 1.54) is 0 Å². The first kappa shape index (κ1) is 13.1. The van der Waals surface area contributed by atoms with Gasteiger partial charge in [0.2, 0.25) is 0 Å². The van der Waals surface area contributed by atoms with E-state index in [0.717, 1.165) is 0 Å². The molecular formula is C8H13NO6S. The van der Waals surface area contributed by atoms with Crippen molar-refractivity contribution in [1.82, 2.24) is 5.06 Å². The molecule has 2 atom stereocenters. The summed E-state index contributed by atoms with van der Waals surface area (Å²) in [7, 11) is -4.55. The van der Waals surface area contributed by atoms with Crippen LogP contribution < -0.4 is 0 Å². The van der Waals surface area contributed by atoms with Gasteiger partial charge in [-0.25, -0.2) is 0 Å². The summed E-state index contributed by atoms with van der Waals surface area (Å²) in [5, 5.41) is -1.31. The minimum absolute atomic E-state index is 0.381. The zero-order valence-electron chi connectivity index (χ0n) is 8.91. The SMILES string of the molecule is CCC(C)ON1C(=O)CC(S(=O)(=O)O)C1=O. The molecule has 1 aliphatic rings. The van der Waals surface area contributed by atoms with E-state index in [1.807, 2.05) is 0 Å². The van der Waals surface area contributed by atoms with Gasteiger partial charge in [-0.05, 0) is 13.3 Å². The van der Waals surface area contributed by atoms with Crippen LogP contribution in [0, 0.1) is 0 Å². The van der Waals surface area contributed by atoms with Crippen LogP contribution in [0.1, 0.15) is 26.7 Å². The fraction of sp³-hybridized carbons (Fsp3) is 0.750. The lowest BCUT2D eigenvalue weighted by molar-refractivity contribution is -0.200. The van der Waals surface area contributed by atoms with Crippen LogP contribution in [0.3, 0.4) is 0 Å². The van der Waals surface area contributed by atoms with Crippen LogP contribution in [0.25, 0.3) is 0 Å². The molecule has 0 aromatic heterocycles. The standard InChI is InChI=1S/C8H13NO6S/c1-3-5(2)15-9-7(10)4-6(8(9)11)16(12,13)14/h5-6H,3-4H2,1-2H3,(H,12,13,14). The number of imide groups is 1. The molecule has 16 heavy (non-hydrogen) atoms. The van der Waals surface area contributed by atoms with Crippen LogP contribution in [0.4, 0.5) is 0 Å². The highest BCUT2D eigenvalue weighted by Crippen LogP contribution is 2.20. The van der Waals surface area contributed by atoms with Crippen molar-refractivity contribution in [3.05, 3.63) is 0 Å². The Morgan fingerprint density at radius 2 is 2.12 bits per heavy atom. The molecule has 0 spiro atoms. The van der Waals surface area contributed by atoms with Crippen molar-refractivity contribution >= 4 is 21.9 Å². The molecule has 0 saturated carbocycles. The second-order valence-electron chi connectivity index (χ2n) is 3.56. The molecule has 1 saturated heterocycles. The summed E-state index contributed by atoms with van der Waals surface area (Å²) in [6.45, 7) is 3.43. The Morgan fingerprint density at radius 1 is 1.56 bits per heavy atom. The van der Waals surface area contributed by atoms with Gasteiger partial charge in [-0.3, -0.25) is 19.0 Å². The third-order valence-corrected chi connectivity index (χ3v) is 3.37. The van der Waals surface area contributed by atoms with Gasteiger partial charge in [0.05, 0.1) is 12.5 Å². The molecule has 1 rings (SSSR count). The van der Waals surface area contributed by atoms with Crippen LogP contribution in [-0.2, 0) is 24.5 Å². The van der Waals surface area contributed by atoms with Gasteiger partial charge in [0.25, 0.3) is 21.9 Å². The summed E-state index contributed by atoms with van der Waals surface area (Å²) in [6, 6.07) is 0. The highest BCUT2D eigenvalue weighted by Gasteiger charge is 2.47. The lowest BCUT2D eigenvalue weighted by Crippen LogP contribution is -2.37. The summed E-state index contributed by atoms with van der Waals surface area (Å²) in [6.07, 6.45) is -0.394. The Kier molecular flexibility index (Phi) is 3.66. The molecule has 0 radical (unpaired) electrons. The molecule has 0 bridgehead atoms. The van der Waals surface area contributed by atoms with Crippen LogP contribution in [0.2, 0.25) is 0 Å². The van der Waals surface area contributed by atoms with Gasteiger partial charge < -0.3 is 0 Å². The Morgan fingerprint density at radius 3 is 2.50 bits per heavy atom. The number of nitrogens with zero attached hydrogens (tertiary/aromatic N) is 1. The van der Waals surface area contributed by atoms with Gasteiger partial charge in [0, 0.05) is 0 Å². The second-order valence-corrected chi connectivity index (χ2v) is 5.16. The first-order valence-electron chi connectivity index (χ1n) is 4.77. The lowest BCUT2D eigenvalue weighted by Gasteiger charge is -2.18. The van der Waals surface area contributed by atoms with Crippen molar-refractivity contribution in [2.45, 2.75) is 38.0 Å². The van der Waals surface area contributed by atoms with E-state index in [2.05, 4.69) is 0 Å². The molecule has 1 aliphatic heterocycles. The highest BCUT2D eigenvalue weighted by molar-refractivity contribution is 7.87. The van der Waals surface area contributed by atoms with Crippen molar-refractivity contribution in [1.29, 1.82) is 0 Å². The minimum Gasteiger partial charge on any atom is -0.285 e. The molecule has 1 N–H and O–H groups in total. The number of carbonyl (C=O) groups is 2. The first-order chi connectivity index (χ1) is 7.27. The maximum Gasteiger partial charge on any atom is 0.277 e. The quantitative estimate of drug-likeness (QED) is 0.545. The first-order valence-corrected chi connectivity index (χ1v) is 6.27. The van der Waals surface area contributed by atoms with E-state index in [1.54, 1.807) is 13.8 Å². The molecule has 8 heteroatoms. The third kappa shape index (κ3) is 2.57. The van der Waals surface area contributed by atoms with Gasteiger partial charge in [-0.1, -0.05) is 6.92 Å². The molecule has 1 heterocycles. The molecule has 0 aromatic rings. The average molecular weight is 251 g/mol. The molecule has 1 fully saturated rings. The predicted octanol–water partition coefficient (Wildman–Crippen LogP) is -0.268. The van der Waals surface area contributed by atoms with Gasteiger partial charge in [0.1, 0.15) is 0 Å². The van der Waals surface area contributed by atoms with Crippen LogP contribution >= 0.6 is 0 Å². The van der Waals surface area contributed by atoms with Crippen LogP contribution in [-0.4, -0.2) is 41.2 Å². The number of hydroxylamine groups is 2. The van der Waals surface area contributed by atoms with E-state index in [4.69, 9.17) is 9.39 Å². The maximum atomic E-state index is 11.5. The van der Waals surface area contributed by atoms with E-state index in [-0.39, 0.29) is 6.10 Å². The predicted molar refractivity (Wildman–Crippen MR) is 52.6 cm³/mol. The topological polar surface area (TPSA) is 101 Å². The largest absolute Gasteiger partial charge is 0.285 e. The highest BCUT2D eigenvalue weighted by atomic mass is 32.2. The second kappa shape index (κ2) is 4.48. The summed E-state index contributed by atoms with van der Waals surface area (Å²) < 4.78 is 30.3. The Labute approximate surface area is 93.1 Å². The lowest BCUT2D eigenvalue weighted by atomic mass is 10.3. The zero-order chi connectivity index (χ0) is 12.5. The van der Waals surface area contributed by atoms with Crippen molar-refractivity contribution in [3.63, 3.8) is 0 Å². The fourth-order valence-corrected chi connectivity index (χ4v) is 1.88. The van der Waals surface area contributed by atoms with Crippen molar-refractivity contribution in [2.24, 2.45) is 0 Å². The monoisotopic (exact) mass is 251 g/mol. The summed E-state index contributed by atoms with van der Waals surface area (Å²) >= 11 is 0. The molecule has 2 amide bonds. The number of rotatable bonds is 4. The van der Waals surface area contributed by atoms with E-state index >= 15 is 0 Å². The molecular weight excluding hydrogens is 238 g/mol. The maximum absolute atomic E-state index is 11.5. The number of carbonyl (C=O) groups excluding carboxylic acids is 2. The van der Waals surface area contributed by atoms with Crippen LogP contribution in [0.15, 0.2) is 0 Å². The van der Waals surface area contributed by atoms with E-state index in [9.17, 15) is 18.0 Å². The van der Waals surface area contributed by atoms with Gasteiger partial charge >= 0.3 is 0 Å². The molecule has 0 aromatic carbocycles. The Hall–Kier alpha value is -0.990. The number of hydrogen-bond donors (Lipinski definition) is 1. The normalized spacial score (nSPS) is 23.9. The molecule has 2 unspecified atom stereocenters. The Balaban J connectivity index is 2.84.